The third kappa shape index (κ3) is 5.00. The van der Waals surface area contributed by atoms with E-state index in [1.807, 2.05) is 31.4 Å². The van der Waals surface area contributed by atoms with Gasteiger partial charge in [0.2, 0.25) is 5.91 Å². The first-order chi connectivity index (χ1) is 10.6. The molecule has 1 N–H and O–H groups in total. The van der Waals surface area contributed by atoms with Crippen molar-refractivity contribution in [3.63, 3.8) is 0 Å². The molecule has 2 aromatic rings. The number of nitrogens with one attached hydrogen (secondary N) is 1. The van der Waals surface area contributed by atoms with Crippen molar-refractivity contribution < 1.29 is 4.79 Å². The molecule has 0 aliphatic rings. The number of rotatable bonds is 7. The highest BCUT2D eigenvalue weighted by Crippen LogP contribution is 2.30. The van der Waals surface area contributed by atoms with E-state index < -0.39 is 0 Å². The lowest BCUT2D eigenvalue weighted by atomic mass is 10.0. The van der Waals surface area contributed by atoms with E-state index in [1.54, 1.807) is 11.8 Å². The molecule has 118 valence electrons. The van der Waals surface area contributed by atoms with Crippen LogP contribution in [0.3, 0.4) is 0 Å². The van der Waals surface area contributed by atoms with E-state index in [2.05, 4.69) is 34.6 Å². The lowest BCUT2D eigenvalue weighted by Gasteiger charge is -2.15. The number of carbonyl (C=O) groups excluding carboxylic acids is 1. The van der Waals surface area contributed by atoms with Gasteiger partial charge < -0.3 is 5.32 Å². The van der Waals surface area contributed by atoms with Crippen LogP contribution < -0.4 is 5.32 Å². The van der Waals surface area contributed by atoms with Crippen LogP contribution in [0.5, 0.6) is 0 Å². The van der Waals surface area contributed by atoms with Gasteiger partial charge in [-0.05, 0) is 24.7 Å². The molecule has 22 heavy (non-hydrogen) atoms. The summed E-state index contributed by atoms with van der Waals surface area (Å²) in [5, 5.41) is 11.0. The van der Waals surface area contributed by atoms with Crippen molar-refractivity contribution in [2.45, 2.75) is 33.7 Å². The van der Waals surface area contributed by atoms with Crippen LogP contribution in [-0.2, 0) is 4.79 Å². The molecule has 1 aromatic carbocycles. The van der Waals surface area contributed by atoms with Gasteiger partial charge in [0.15, 0.2) is 8.68 Å². The quantitative estimate of drug-likeness (QED) is 0.770. The molecule has 0 unspecified atom stereocenters. The Labute approximate surface area is 143 Å². The first-order valence-electron chi connectivity index (χ1n) is 6.97. The number of amides is 1. The Hall–Kier alpha value is -1.05. The Morgan fingerprint density at radius 1 is 1.23 bits per heavy atom. The normalized spacial score (nSPS) is 13.6. The van der Waals surface area contributed by atoms with Crippen molar-refractivity contribution in [2.24, 2.45) is 0 Å². The Balaban J connectivity index is 1.81. The summed E-state index contributed by atoms with van der Waals surface area (Å²) in [5.41, 5.74) is 1.23. The molecule has 0 radical (unpaired) electrons. The minimum Gasteiger partial charge on any atom is -0.355 e. The highest BCUT2D eigenvalue weighted by molar-refractivity contribution is 8.03. The van der Waals surface area contributed by atoms with E-state index in [0.717, 1.165) is 8.68 Å². The summed E-state index contributed by atoms with van der Waals surface area (Å²) in [6.07, 6.45) is 1.97. The Kier molecular flexibility index (Phi) is 6.72. The SMILES string of the molecule is CSc1nnc(S[C@H](C)C(=O)NC[C@H](C)c2ccccc2)s1. The van der Waals surface area contributed by atoms with E-state index >= 15 is 0 Å². The largest absolute Gasteiger partial charge is 0.355 e. The number of hydrogen-bond acceptors (Lipinski definition) is 6. The topological polar surface area (TPSA) is 54.9 Å². The predicted octanol–water partition coefficient (Wildman–Crippen LogP) is 3.66. The maximum atomic E-state index is 12.2. The minimum absolute atomic E-state index is 0.0358. The van der Waals surface area contributed by atoms with E-state index in [9.17, 15) is 4.79 Å². The minimum atomic E-state index is -0.175. The van der Waals surface area contributed by atoms with Gasteiger partial charge in [0.25, 0.3) is 0 Å². The summed E-state index contributed by atoms with van der Waals surface area (Å²) in [6.45, 7) is 4.65. The van der Waals surface area contributed by atoms with Gasteiger partial charge in [-0.25, -0.2) is 0 Å². The van der Waals surface area contributed by atoms with Gasteiger partial charge >= 0.3 is 0 Å². The van der Waals surface area contributed by atoms with Gasteiger partial charge in [-0.15, -0.1) is 10.2 Å². The van der Waals surface area contributed by atoms with Crippen LogP contribution >= 0.6 is 34.9 Å². The lowest BCUT2D eigenvalue weighted by Crippen LogP contribution is -2.33. The van der Waals surface area contributed by atoms with Gasteiger partial charge in [-0.3, -0.25) is 4.79 Å². The summed E-state index contributed by atoms with van der Waals surface area (Å²) in [5.74, 6) is 0.334. The molecule has 2 rings (SSSR count). The monoisotopic (exact) mass is 353 g/mol. The Morgan fingerprint density at radius 2 is 1.91 bits per heavy atom. The second-order valence-corrected chi connectivity index (χ2v) is 8.47. The number of nitrogens with zero attached hydrogens (tertiary/aromatic N) is 2. The van der Waals surface area contributed by atoms with E-state index in [0.29, 0.717) is 12.5 Å². The van der Waals surface area contributed by atoms with Crippen molar-refractivity contribution in [1.29, 1.82) is 0 Å². The third-order valence-corrected chi connectivity index (χ3v) is 6.24. The number of aromatic nitrogens is 2. The summed E-state index contributed by atoms with van der Waals surface area (Å²) < 4.78 is 1.76. The zero-order valence-electron chi connectivity index (χ0n) is 12.8. The van der Waals surface area contributed by atoms with E-state index in [4.69, 9.17) is 0 Å². The summed E-state index contributed by atoms with van der Waals surface area (Å²) in [4.78, 5) is 12.2. The van der Waals surface area contributed by atoms with Crippen LogP contribution in [0.15, 0.2) is 39.0 Å². The second kappa shape index (κ2) is 8.55. The number of hydrogen-bond donors (Lipinski definition) is 1. The zero-order valence-corrected chi connectivity index (χ0v) is 15.2. The average molecular weight is 354 g/mol. The van der Waals surface area contributed by atoms with Gasteiger partial charge in [0.1, 0.15) is 0 Å². The molecule has 0 saturated carbocycles. The highest BCUT2D eigenvalue weighted by atomic mass is 32.2. The average Bonchev–Trinajstić information content (AvgIpc) is 3.00. The molecule has 0 aliphatic carbocycles. The van der Waals surface area contributed by atoms with E-state index in [-0.39, 0.29) is 11.2 Å². The second-order valence-electron chi connectivity index (χ2n) is 4.85. The maximum Gasteiger partial charge on any atom is 0.233 e. The molecule has 0 saturated heterocycles. The number of thioether (sulfide) groups is 2. The molecular formula is C15H19N3OS3. The van der Waals surface area contributed by atoms with Crippen molar-refractivity contribution >= 4 is 40.8 Å². The molecular weight excluding hydrogens is 334 g/mol. The third-order valence-electron chi connectivity index (χ3n) is 3.16. The predicted molar refractivity (Wildman–Crippen MR) is 94.9 cm³/mol. The van der Waals surface area contributed by atoms with E-state index in [1.165, 1.54) is 28.7 Å². The fraction of sp³-hybridized carbons (Fsp3) is 0.400. The summed E-state index contributed by atoms with van der Waals surface area (Å²) >= 11 is 4.55. The standard InChI is InChI=1S/C15H19N3OS3/c1-10(12-7-5-4-6-8-12)9-16-13(19)11(2)21-15-18-17-14(20-3)22-15/h4-8,10-11H,9H2,1-3H3,(H,16,19)/t10-,11+/m0/s1. The maximum absolute atomic E-state index is 12.2. The number of carbonyl (C=O) groups is 1. The molecule has 1 heterocycles. The molecule has 2 atom stereocenters. The van der Waals surface area contributed by atoms with Gasteiger partial charge in [0, 0.05) is 6.54 Å². The molecule has 0 aliphatic heterocycles. The van der Waals surface area contributed by atoms with Gasteiger partial charge in [0.05, 0.1) is 5.25 Å². The highest BCUT2D eigenvalue weighted by Gasteiger charge is 2.17. The molecule has 0 spiro atoms. The molecule has 1 amide bonds. The Bertz CT molecular complexity index is 603. The van der Waals surface area contributed by atoms with Crippen LogP contribution in [0, 0.1) is 0 Å². The van der Waals surface area contributed by atoms with Gasteiger partial charge in [-0.1, -0.05) is 72.1 Å². The molecule has 7 heteroatoms. The van der Waals surface area contributed by atoms with Gasteiger partial charge in [-0.2, -0.15) is 0 Å². The van der Waals surface area contributed by atoms with Crippen molar-refractivity contribution in [2.75, 3.05) is 12.8 Å². The van der Waals surface area contributed by atoms with Crippen molar-refractivity contribution in [3.8, 4) is 0 Å². The Morgan fingerprint density at radius 3 is 2.55 bits per heavy atom. The van der Waals surface area contributed by atoms with Crippen molar-refractivity contribution in [3.05, 3.63) is 35.9 Å². The molecule has 4 nitrogen and oxygen atoms in total. The molecule has 0 bridgehead atoms. The fourth-order valence-electron chi connectivity index (χ4n) is 1.83. The smallest absolute Gasteiger partial charge is 0.233 e. The fourth-order valence-corrected chi connectivity index (χ4v) is 4.44. The molecule has 1 aromatic heterocycles. The zero-order chi connectivity index (χ0) is 15.9. The van der Waals surface area contributed by atoms with Crippen LogP contribution in [0.2, 0.25) is 0 Å². The van der Waals surface area contributed by atoms with Crippen molar-refractivity contribution in [1.82, 2.24) is 15.5 Å². The van der Waals surface area contributed by atoms with Crippen LogP contribution in [0.25, 0.3) is 0 Å². The van der Waals surface area contributed by atoms with Crippen LogP contribution in [0.4, 0.5) is 0 Å². The lowest BCUT2D eigenvalue weighted by molar-refractivity contribution is -0.120. The first kappa shape index (κ1) is 17.3. The molecule has 0 fully saturated rings. The van der Waals surface area contributed by atoms with Crippen LogP contribution in [0.1, 0.15) is 25.3 Å². The van der Waals surface area contributed by atoms with Crippen LogP contribution in [-0.4, -0.2) is 34.2 Å². The summed E-state index contributed by atoms with van der Waals surface area (Å²) in [6, 6.07) is 10.2. The summed E-state index contributed by atoms with van der Waals surface area (Å²) in [7, 11) is 0. The number of benzene rings is 1. The first-order valence-corrected chi connectivity index (χ1v) is 9.89.